The van der Waals surface area contributed by atoms with Crippen LogP contribution in [-0.4, -0.2) is 19.8 Å². The van der Waals surface area contributed by atoms with Gasteiger partial charge in [0.15, 0.2) is 0 Å². The van der Waals surface area contributed by atoms with Gasteiger partial charge in [-0.1, -0.05) is 12.1 Å². The lowest BCUT2D eigenvalue weighted by atomic mass is 10.1. The molecule has 7 heteroatoms. The minimum atomic E-state index is -0.846. The molecule has 102 valence electrons. The van der Waals surface area contributed by atoms with Gasteiger partial charge in [-0.05, 0) is 29.5 Å². The SMILES string of the molecule is Cc1cc([N+](=O)[O-])nn1C[C@H](O)c1ccc(C#N)cc1. The molecule has 20 heavy (non-hydrogen) atoms. The van der Waals surface area contributed by atoms with Gasteiger partial charge in [-0.25, -0.2) is 0 Å². The molecule has 0 aliphatic heterocycles. The van der Waals surface area contributed by atoms with Crippen molar-refractivity contribution in [1.29, 1.82) is 5.26 Å². The highest BCUT2D eigenvalue weighted by atomic mass is 16.6. The molecule has 0 unspecified atom stereocenters. The van der Waals surface area contributed by atoms with Gasteiger partial charge < -0.3 is 15.2 Å². The van der Waals surface area contributed by atoms with E-state index in [0.29, 0.717) is 16.8 Å². The fraction of sp³-hybridized carbons (Fsp3) is 0.231. The summed E-state index contributed by atoms with van der Waals surface area (Å²) >= 11 is 0. The van der Waals surface area contributed by atoms with Crippen LogP contribution in [0.15, 0.2) is 30.3 Å². The lowest BCUT2D eigenvalue weighted by molar-refractivity contribution is -0.389. The summed E-state index contributed by atoms with van der Waals surface area (Å²) in [5.41, 5.74) is 1.73. The quantitative estimate of drug-likeness (QED) is 0.673. The summed E-state index contributed by atoms with van der Waals surface area (Å²) in [5, 5.41) is 33.2. The molecule has 2 aromatic rings. The zero-order valence-electron chi connectivity index (χ0n) is 10.7. The van der Waals surface area contributed by atoms with Crippen molar-refractivity contribution in [3.63, 3.8) is 0 Å². The Labute approximate surface area is 114 Å². The third-order valence-corrected chi connectivity index (χ3v) is 2.93. The minimum Gasteiger partial charge on any atom is -0.386 e. The molecule has 1 heterocycles. The Kier molecular flexibility index (Phi) is 3.77. The van der Waals surface area contributed by atoms with E-state index >= 15 is 0 Å². The van der Waals surface area contributed by atoms with Crippen molar-refractivity contribution in [3.05, 3.63) is 57.3 Å². The Bertz CT molecular complexity index is 670. The second-order valence-electron chi connectivity index (χ2n) is 4.33. The van der Waals surface area contributed by atoms with Gasteiger partial charge in [0.25, 0.3) is 0 Å². The van der Waals surface area contributed by atoms with Crippen molar-refractivity contribution >= 4 is 5.82 Å². The van der Waals surface area contributed by atoms with Gasteiger partial charge in [0.2, 0.25) is 0 Å². The van der Waals surface area contributed by atoms with Crippen LogP contribution in [0.1, 0.15) is 22.9 Å². The number of aromatic nitrogens is 2. The molecule has 0 bridgehead atoms. The van der Waals surface area contributed by atoms with Crippen LogP contribution in [0.4, 0.5) is 5.82 Å². The number of nitriles is 1. The number of nitrogens with zero attached hydrogens (tertiary/aromatic N) is 4. The highest BCUT2D eigenvalue weighted by Crippen LogP contribution is 2.18. The van der Waals surface area contributed by atoms with Crippen LogP contribution < -0.4 is 0 Å². The maximum Gasteiger partial charge on any atom is 0.390 e. The first-order valence-electron chi connectivity index (χ1n) is 5.88. The molecular formula is C13H12N4O3. The molecule has 0 amide bonds. The molecule has 1 atom stereocenters. The van der Waals surface area contributed by atoms with E-state index in [9.17, 15) is 15.2 Å². The molecule has 0 radical (unpaired) electrons. The molecule has 1 aromatic heterocycles. The number of nitro groups is 1. The maximum atomic E-state index is 10.6. The average Bonchev–Trinajstić information content (AvgIpc) is 2.80. The fourth-order valence-electron chi connectivity index (χ4n) is 1.82. The van der Waals surface area contributed by atoms with Gasteiger partial charge in [0.05, 0.1) is 35.0 Å². The molecule has 0 saturated carbocycles. The zero-order valence-corrected chi connectivity index (χ0v) is 10.7. The van der Waals surface area contributed by atoms with Crippen LogP contribution in [0.3, 0.4) is 0 Å². The zero-order chi connectivity index (χ0) is 14.7. The van der Waals surface area contributed by atoms with Crippen LogP contribution in [-0.2, 0) is 6.54 Å². The summed E-state index contributed by atoms with van der Waals surface area (Å²) in [6.07, 6.45) is -0.846. The topological polar surface area (TPSA) is 105 Å². The third-order valence-electron chi connectivity index (χ3n) is 2.93. The molecule has 2 rings (SSSR count). The van der Waals surface area contributed by atoms with E-state index in [1.54, 1.807) is 31.2 Å². The largest absolute Gasteiger partial charge is 0.390 e. The third kappa shape index (κ3) is 2.81. The number of aryl methyl sites for hydroxylation is 1. The molecule has 0 saturated heterocycles. The summed E-state index contributed by atoms with van der Waals surface area (Å²) in [7, 11) is 0. The predicted octanol–water partition coefficient (Wildman–Crippen LogP) is 1.70. The Morgan fingerprint density at radius 1 is 1.50 bits per heavy atom. The summed E-state index contributed by atoms with van der Waals surface area (Å²) in [6, 6.07) is 9.86. The van der Waals surface area contributed by atoms with Crippen molar-refractivity contribution in [2.24, 2.45) is 0 Å². The highest BCUT2D eigenvalue weighted by Gasteiger charge is 2.18. The standard InChI is InChI=1S/C13H12N4O3/c1-9-6-13(17(19)20)15-16(9)8-12(18)11-4-2-10(7-14)3-5-11/h2-6,12,18H,8H2,1H3/t12-/m0/s1. The van der Waals surface area contributed by atoms with Crippen molar-refractivity contribution in [1.82, 2.24) is 9.78 Å². The second kappa shape index (κ2) is 5.50. The van der Waals surface area contributed by atoms with E-state index in [2.05, 4.69) is 5.10 Å². The lowest BCUT2D eigenvalue weighted by Gasteiger charge is -2.10. The van der Waals surface area contributed by atoms with Gasteiger partial charge in [0, 0.05) is 0 Å². The minimum absolute atomic E-state index is 0.117. The lowest BCUT2D eigenvalue weighted by Crippen LogP contribution is -2.11. The normalized spacial score (nSPS) is 11.8. The fourth-order valence-corrected chi connectivity index (χ4v) is 1.82. The Morgan fingerprint density at radius 3 is 2.65 bits per heavy atom. The summed E-state index contributed by atoms with van der Waals surface area (Å²) in [6.45, 7) is 1.80. The van der Waals surface area contributed by atoms with E-state index in [4.69, 9.17) is 5.26 Å². The Balaban J connectivity index is 2.16. The first kappa shape index (κ1) is 13.7. The molecule has 0 spiro atoms. The monoisotopic (exact) mass is 272 g/mol. The summed E-state index contributed by atoms with van der Waals surface area (Å²) in [4.78, 5) is 10.1. The van der Waals surface area contributed by atoms with Crippen LogP contribution in [0, 0.1) is 28.4 Å². The van der Waals surface area contributed by atoms with Gasteiger partial charge >= 0.3 is 5.82 Å². The van der Waals surface area contributed by atoms with Crippen molar-refractivity contribution in [3.8, 4) is 6.07 Å². The summed E-state index contributed by atoms with van der Waals surface area (Å²) < 4.78 is 1.39. The smallest absolute Gasteiger partial charge is 0.386 e. The Hall–Kier alpha value is -2.72. The van der Waals surface area contributed by atoms with Crippen LogP contribution >= 0.6 is 0 Å². The maximum absolute atomic E-state index is 10.6. The van der Waals surface area contributed by atoms with Crippen molar-refractivity contribution in [2.45, 2.75) is 19.6 Å². The van der Waals surface area contributed by atoms with Crippen molar-refractivity contribution in [2.75, 3.05) is 0 Å². The molecular weight excluding hydrogens is 260 g/mol. The number of aliphatic hydroxyl groups excluding tert-OH is 1. The molecule has 0 fully saturated rings. The van der Waals surface area contributed by atoms with E-state index in [0.717, 1.165) is 0 Å². The average molecular weight is 272 g/mol. The van der Waals surface area contributed by atoms with E-state index < -0.39 is 11.0 Å². The highest BCUT2D eigenvalue weighted by molar-refractivity contribution is 5.32. The van der Waals surface area contributed by atoms with E-state index in [-0.39, 0.29) is 12.4 Å². The molecule has 0 aliphatic rings. The van der Waals surface area contributed by atoms with Gasteiger partial charge in [0.1, 0.15) is 6.10 Å². The van der Waals surface area contributed by atoms with Crippen molar-refractivity contribution < 1.29 is 10.0 Å². The number of hydrogen-bond acceptors (Lipinski definition) is 5. The molecule has 1 aromatic carbocycles. The molecule has 1 N–H and O–H groups in total. The van der Waals surface area contributed by atoms with Crippen LogP contribution in [0.2, 0.25) is 0 Å². The van der Waals surface area contributed by atoms with Crippen LogP contribution in [0.5, 0.6) is 0 Å². The number of rotatable bonds is 4. The second-order valence-corrected chi connectivity index (χ2v) is 4.33. The van der Waals surface area contributed by atoms with E-state index in [1.165, 1.54) is 10.7 Å². The summed E-state index contributed by atoms with van der Waals surface area (Å²) in [5.74, 6) is -0.241. The number of hydrogen-bond donors (Lipinski definition) is 1. The first-order valence-corrected chi connectivity index (χ1v) is 5.88. The first-order chi connectivity index (χ1) is 9.51. The Morgan fingerprint density at radius 2 is 2.15 bits per heavy atom. The number of aliphatic hydroxyl groups is 1. The van der Waals surface area contributed by atoms with Gasteiger partial charge in [-0.15, -0.1) is 0 Å². The van der Waals surface area contributed by atoms with Crippen LogP contribution in [0.25, 0.3) is 0 Å². The van der Waals surface area contributed by atoms with Gasteiger partial charge in [-0.3, -0.25) is 0 Å². The number of benzene rings is 1. The molecule has 7 nitrogen and oxygen atoms in total. The van der Waals surface area contributed by atoms with Gasteiger partial charge in [-0.2, -0.15) is 9.94 Å². The molecule has 0 aliphatic carbocycles. The predicted molar refractivity (Wildman–Crippen MR) is 69.7 cm³/mol. The van der Waals surface area contributed by atoms with E-state index in [1.807, 2.05) is 6.07 Å².